The predicted molar refractivity (Wildman–Crippen MR) is 181 cm³/mol. The van der Waals surface area contributed by atoms with Crippen LogP contribution in [0.15, 0.2) is 176 Å². The molecule has 7 aromatic rings. The van der Waals surface area contributed by atoms with Crippen molar-refractivity contribution in [3.8, 4) is 5.69 Å². The van der Waals surface area contributed by atoms with E-state index in [2.05, 4.69) is 181 Å². The molecule has 0 bridgehead atoms. The Bertz CT molecular complexity index is 1800. The summed E-state index contributed by atoms with van der Waals surface area (Å²) in [7, 11) is -1.57. The maximum atomic E-state index is 2.47. The van der Waals surface area contributed by atoms with Crippen molar-refractivity contribution in [2.24, 2.45) is 0 Å². The summed E-state index contributed by atoms with van der Waals surface area (Å²) in [6.45, 7) is 0. The van der Waals surface area contributed by atoms with E-state index in [1.54, 1.807) is 0 Å². The highest BCUT2D eigenvalue weighted by Gasteiger charge is 2.25. The van der Waals surface area contributed by atoms with Crippen LogP contribution in [0.3, 0.4) is 0 Å². The number of benzene rings is 6. The van der Waals surface area contributed by atoms with Crippen LogP contribution in [-0.2, 0) is 0 Å². The van der Waals surface area contributed by atoms with Gasteiger partial charge in [-0.15, -0.1) is 0 Å². The van der Waals surface area contributed by atoms with Crippen molar-refractivity contribution in [1.29, 1.82) is 0 Å². The van der Waals surface area contributed by atoms with Gasteiger partial charge in [-0.05, 0) is 64.2 Å². The molecule has 0 aliphatic heterocycles. The highest BCUT2D eigenvalue weighted by atomic mass is 31.1. The summed E-state index contributed by atoms with van der Waals surface area (Å²) < 4.78 is 2.47. The van der Waals surface area contributed by atoms with E-state index in [0.29, 0.717) is 0 Å². The number of nitrogens with zero attached hydrogens (tertiary/aromatic N) is 1. The second-order valence-corrected chi connectivity index (χ2v) is 14.3. The number of rotatable bonds is 7. The molecule has 0 atom stereocenters. The largest absolute Gasteiger partial charge is 0.316 e. The predicted octanol–water partition coefficient (Wildman–Crippen LogP) is 7.15. The molecule has 196 valence electrons. The summed E-state index contributed by atoms with van der Waals surface area (Å²) in [6.07, 6.45) is 2.26. The molecule has 0 spiro atoms. The lowest BCUT2D eigenvalue weighted by Crippen LogP contribution is -2.29. The molecule has 7 rings (SSSR count). The molecular weight excluding hydrogens is 532 g/mol. The van der Waals surface area contributed by atoms with Gasteiger partial charge in [0.25, 0.3) is 0 Å². The molecule has 0 saturated carbocycles. The zero-order valence-corrected chi connectivity index (χ0v) is 24.4. The van der Waals surface area contributed by atoms with Crippen molar-refractivity contribution in [2.75, 3.05) is 0 Å². The Balaban J connectivity index is 1.50. The first-order chi connectivity index (χ1) is 20.4. The van der Waals surface area contributed by atoms with Gasteiger partial charge in [-0.25, -0.2) is 0 Å². The standard InChI is InChI=1S/C38H29NP2/c1-5-18-32(19-6-1)40(33-20-7-2-8-21-33)37-29-31-17-14-13-16-30(31)28-36(37)39-27-15-26-38(39)41(34-22-9-3-10-23-34)35-24-11-4-12-25-35/h1-29H. The normalized spacial score (nSPS) is 11.4. The van der Waals surface area contributed by atoms with Gasteiger partial charge in [0, 0.05) is 19.4 Å². The van der Waals surface area contributed by atoms with Crippen molar-refractivity contribution in [3.05, 3.63) is 176 Å². The number of fused-ring (bicyclic) bond motifs is 1. The minimum absolute atomic E-state index is 0.767. The fourth-order valence-electron chi connectivity index (χ4n) is 5.50. The van der Waals surface area contributed by atoms with Crippen molar-refractivity contribution >= 4 is 58.6 Å². The molecule has 3 heteroatoms. The van der Waals surface area contributed by atoms with Gasteiger partial charge < -0.3 is 4.57 Å². The maximum absolute atomic E-state index is 2.47. The average molecular weight is 562 g/mol. The Morgan fingerprint density at radius 3 is 1.27 bits per heavy atom. The van der Waals surface area contributed by atoms with Gasteiger partial charge in [0.1, 0.15) is 0 Å². The van der Waals surface area contributed by atoms with Gasteiger partial charge in [-0.3, -0.25) is 0 Å². The van der Waals surface area contributed by atoms with Gasteiger partial charge in [0.05, 0.1) is 11.1 Å². The van der Waals surface area contributed by atoms with Crippen molar-refractivity contribution in [3.63, 3.8) is 0 Å². The van der Waals surface area contributed by atoms with Crippen LogP contribution in [0.1, 0.15) is 0 Å². The summed E-state index contributed by atoms with van der Waals surface area (Å²) in [5.41, 5.74) is 2.58. The third kappa shape index (κ3) is 5.16. The first-order valence-corrected chi connectivity index (χ1v) is 16.6. The van der Waals surface area contributed by atoms with Crippen LogP contribution >= 0.6 is 15.8 Å². The molecule has 0 saturated heterocycles. The van der Waals surface area contributed by atoms with Crippen LogP contribution in [0.25, 0.3) is 16.5 Å². The molecule has 1 nitrogen and oxygen atoms in total. The lowest BCUT2D eigenvalue weighted by molar-refractivity contribution is 1.13. The fourth-order valence-corrected chi connectivity index (χ4v) is 10.4. The van der Waals surface area contributed by atoms with E-state index in [0.717, 1.165) is 0 Å². The maximum Gasteiger partial charge on any atom is 0.0549 e. The van der Waals surface area contributed by atoms with E-state index in [4.69, 9.17) is 0 Å². The van der Waals surface area contributed by atoms with Gasteiger partial charge in [-0.2, -0.15) is 0 Å². The number of hydrogen-bond acceptors (Lipinski definition) is 0. The van der Waals surface area contributed by atoms with E-state index in [1.165, 1.54) is 48.4 Å². The zero-order valence-electron chi connectivity index (χ0n) is 22.6. The number of hydrogen-bond donors (Lipinski definition) is 0. The van der Waals surface area contributed by atoms with Gasteiger partial charge >= 0.3 is 0 Å². The zero-order chi connectivity index (χ0) is 27.4. The SMILES string of the molecule is c1ccc(P(c2ccccc2)c2cc3ccccc3cc2-n2cccc2P(c2ccccc2)c2ccccc2)cc1. The van der Waals surface area contributed by atoms with Crippen molar-refractivity contribution in [2.45, 2.75) is 0 Å². The van der Waals surface area contributed by atoms with E-state index < -0.39 is 15.8 Å². The van der Waals surface area contributed by atoms with Gasteiger partial charge in [-0.1, -0.05) is 146 Å². The molecule has 41 heavy (non-hydrogen) atoms. The quantitative estimate of drug-likeness (QED) is 0.182. The summed E-state index contributed by atoms with van der Waals surface area (Å²) >= 11 is 0. The summed E-state index contributed by atoms with van der Waals surface area (Å²) in [6, 6.07) is 62.1. The summed E-state index contributed by atoms with van der Waals surface area (Å²) in [5.74, 6) is 0. The molecule has 0 aliphatic rings. The van der Waals surface area contributed by atoms with Gasteiger partial charge in [0.2, 0.25) is 0 Å². The summed E-state index contributed by atoms with van der Waals surface area (Å²) in [4.78, 5) is 0. The molecule has 0 radical (unpaired) electrons. The number of aromatic nitrogens is 1. The first-order valence-electron chi connectivity index (χ1n) is 13.9. The molecule has 0 aliphatic carbocycles. The van der Waals surface area contributed by atoms with Crippen LogP contribution in [0, 0.1) is 0 Å². The molecule has 0 N–H and O–H groups in total. The second kappa shape index (κ2) is 11.7. The minimum atomic E-state index is -0.799. The van der Waals surface area contributed by atoms with E-state index in [1.807, 2.05) is 0 Å². The lowest BCUT2D eigenvalue weighted by Gasteiger charge is -2.26. The Kier molecular flexibility index (Phi) is 7.31. The van der Waals surface area contributed by atoms with Crippen LogP contribution in [0.2, 0.25) is 0 Å². The van der Waals surface area contributed by atoms with Crippen LogP contribution < -0.4 is 32.0 Å². The highest BCUT2D eigenvalue weighted by molar-refractivity contribution is 7.80. The van der Waals surface area contributed by atoms with E-state index >= 15 is 0 Å². The third-order valence-electron chi connectivity index (χ3n) is 7.36. The van der Waals surface area contributed by atoms with Crippen LogP contribution in [0.4, 0.5) is 0 Å². The minimum Gasteiger partial charge on any atom is -0.316 e. The Morgan fingerprint density at radius 1 is 0.366 bits per heavy atom. The average Bonchev–Trinajstić information content (AvgIpc) is 3.52. The van der Waals surface area contributed by atoms with Crippen LogP contribution in [-0.4, -0.2) is 4.57 Å². The summed E-state index contributed by atoms with van der Waals surface area (Å²) in [5, 5.41) is 9.30. The highest BCUT2D eigenvalue weighted by Crippen LogP contribution is 2.39. The second-order valence-electron chi connectivity index (χ2n) is 9.94. The Labute approximate surface area is 244 Å². The molecular formula is C38H29NP2. The first kappa shape index (κ1) is 25.7. The molecule has 0 amide bonds. The van der Waals surface area contributed by atoms with E-state index in [-0.39, 0.29) is 0 Å². The monoisotopic (exact) mass is 561 g/mol. The molecule has 0 fully saturated rings. The van der Waals surface area contributed by atoms with Crippen molar-refractivity contribution < 1.29 is 0 Å². The molecule has 1 aromatic heterocycles. The third-order valence-corrected chi connectivity index (χ3v) is 12.3. The lowest BCUT2D eigenvalue weighted by atomic mass is 10.1. The van der Waals surface area contributed by atoms with E-state index in [9.17, 15) is 0 Å². The van der Waals surface area contributed by atoms with Crippen molar-refractivity contribution in [1.82, 2.24) is 4.57 Å². The molecule has 6 aromatic carbocycles. The molecule has 0 unspecified atom stereocenters. The Hall–Kier alpha value is -4.28. The molecule has 1 heterocycles. The fraction of sp³-hybridized carbons (Fsp3) is 0. The topological polar surface area (TPSA) is 4.93 Å². The smallest absolute Gasteiger partial charge is 0.0549 e. The Morgan fingerprint density at radius 2 is 0.780 bits per heavy atom. The van der Waals surface area contributed by atoms with Crippen LogP contribution in [0.5, 0.6) is 0 Å². The van der Waals surface area contributed by atoms with Gasteiger partial charge in [0.15, 0.2) is 0 Å².